The molecule has 1 aromatic rings. The molecule has 1 aromatic carbocycles. The average molecular weight is 343 g/mol. The second kappa shape index (κ2) is 7.43. The fourth-order valence-corrected chi connectivity index (χ4v) is 2.74. The Morgan fingerprint density at radius 1 is 1.40 bits per heavy atom. The minimum absolute atomic E-state index is 0.284. The highest BCUT2D eigenvalue weighted by molar-refractivity contribution is 9.10. The number of likely N-dealkylation sites (N-methyl/N-ethyl adjacent to an activating group) is 1. The van der Waals surface area contributed by atoms with E-state index in [0.29, 0.717) is 6.54 Å². The molecule has 0 saturated carbocycles. The highest BCUT2D eigenvalue weighted by atomic mass is 79.9. The fraction of sp³-hybridized carbons (Fsp3) is 0.625. The van der Waals surface area contributed by atoms with Crippen molar-refractivity contribution >= 4 is 21.6 Å². The SMILES string of the molecule is CCCNC(C)c1cc(Br)ccc1N(C)CC(C)(C)O. The maximum atomic E-state index is 10.0. The summed E-state index contributed by atoms with van der Waals surface area (Å²) in [5, 5.41) is 13.5. The summed E-state index contributed by atoms with van der Waals surface area (Å²) < 4.78 is 1.08. The van der Waals surface area contributed by atoms with Gasteiger partial charge in [0.15, 0.2) is 0 Å². The van der Waals surface area contributed by atoms with Crippen molar-refractivity contribution in [3.05, 3.63) is 28.2 Å². The van der Waals surface area contributed by atoms with Gasteiger partial charge in [-0.15, -0.1) is 0 Å². The summed E-state index contributed by atoms with van der Waals surface area (Å²) in [7, 11) is 2.03. The molecular formula is C16H27BrN2O. The predicted octanol–water partition coefficient (Wildman–Crippen LogP) is 3.72. The van der Waals surface area contributed by atoms with E-state index in [1.165, 1.54) is 5.56 Å². The summed E-state index contributed by atoms with van der Waals surface area (Å²) in [5.41, 5.74) is 1.70. The van der Waals surface area contributed by atoms with E-state index in [4.69, 9.17) is 0 Å². The third-order valence-corrected chi connectivity index (χ3v) is 3.69. The van der Waals surface area contributed by atoms with Crippen molar-refractivity contribution in [2.45, 2.75) is 45.8 Å². The first-order chi connectivity index (χ1) is 9.24. The van der Waals surface area contributed by atoms with Crippen LogP contribution < -0.4 is 10.2 Å². The van der Waals surface area contributed by atoms with Crippen molar-refractivity contribution in [1.29, 1.82) is 0 Å². The van der Waals surface area contributed by atoms with Crippen molar-refractivity contribution in [3.8, 4) is 0 Å². The van der Waals surface area contributed by atoms with E-state index in [2.05, 4.69) is 52.1 Å². The normalized spacial score (nSPS) is 13.3. The van der Waals surface area contributed by atoms with Gasteiger partial charge >= 0.3 is 0 Å². The Bertz CT molecular complexity index is 429. The van der Waals surface area contributed by atoms with Crippen LogP contribution in [0.5, 0.6) is 0 Å². The summed E-state index contributed by atoms with van der Waals surface area (Å²) in [5.74, 6) is 0. The topological polar surface area (TPSA) is 35.5 Å². The van der Waals surface area contributed by atoms with E-state index in [9.17, 15) is 5.11 Å². The summed E-state index contributed by atoms with van der Waals surface area (Å²) in [4.78, 5) is 2.12. The smallest absolute Gasteiger partial charge is 0.0765 e. The first-order valence-electron chi connectivity index (χ1n) is 7.21. The van der Waals surface area contributed by atoms with Gasteiger partial charge in [-0.2, -0.15) is 0 Å². The molecule has 0 aliphatic heterocycles. The quantitative estimate of drug-likeness (QED) is 0.792. The van der Waals surface area contributed by atoms with Gasteiger partial charge in [-0.1, -0.05) is 22.9 Å². The molecule has 0 heterocycles. The molecule has 1 rings (SSSR count). The largest absolute Gasteiger partial charge is 0.389 e. The van der Waals surface area contributed by atoms with Crippen LogP contribution in [0.15, 0.2) is 22.7 Å². The average Bonchev–Trinajstić information content (AvgIpc) is 2.33. The van der Waals surface area contributed by atoms with Crippen LogP contribution in [0.4, 0.5) is 5.69 Å². The molecule has 0 radical (unpaired) electrons. The van der Waals surface area contributed by atoms with Crippen LogP contribution >= 0.6 is 15.9 Å². The van der Waals surface area contributed by atoms with Gasteiger partial charge in [0.05, 0.1) is 5.60 Å². The lowest BCUT2D eigenvalue weighted by Gasteiger charge is -2.30. The minimum atomic E-state index is -0.709. The lowest BCUT2D eigenvalue weighted by atomic mass is 10.0. The number of nitrogens with zero attached hydrogens (tertiary/aromatic N) is 1. The van der Waals surface area contributed by atoms with E-state index in [1.54, 1.807) is 0 Å². The predicted molar refractivity (Wildman–Crippen MR) is 90.4 cm³/mol. The zero-order valence-corrected chi connectivity index (χ0v) is 14.8. The molecule has 20 heavy (non-hydrogen) atoms. The van der Waals surface area contributed by atoms with E-state index >= 15 is 0 Å². The number of nitrogens with one attached hydrogen (secondary N) is 1. The van der Waals surface area contributed by atoms with Crippen molar-refractivity contribution in [2.24, 2.45) is 0 Å². The summed E-state index contributed by atoms with van der Waals surface area (Å²) in [6, 6.07) is 6.59. The molecule has 0 saturated heterocycles. The van der Waals surface area contributed by atoms with Crippen molar-refractivity contribution in [1.82, 2.24) is 5.32 Å². The number of anilines is 1. The van der Waals surface area contributed by atoms with Gasteiger partial charge in [-0.3, -0.25) is 0 Å². The van der Waals surface area contributed by atoms with Crippen LogP contribution in [-0.4, -0.2) is 30.8 Å². The maximum Gasteiger partial charge on any atom is 0.0765 e. The molecule has 3 nitrogen and oxygen atoms in total. The zero-order chi connectivity index (χ0) is 15.3. The van der Waals surface area contributed by atoms with Crippen LogP contribution in [0.1, 0.15) is 45.7 Å². The number of hydrogen-bond donors (Lipinski definition) is 2. The molecule has 0 aromatic heterocycles. The second-order valence-corrected chi connectivity index (χ2v) is 6.96. The van der Waals surface area contributed by atoms with Crippen LogP contribution in [0, 0.1) is 0 Å². The monoisotopic (exact) mass is 342 g/mol. The summed E-state index contributed by atoms with van der Waals surface area (Å²) in [6.45, 7) is 9.62. The molecule has 2 N–H and O–H groups in total. The van der Waals surface area contributed by atoms with Crippen LogP contribution in [0.3, 0.4) is 0 Å². The Labute approximate surface area is 131 Å². The second-order valence-electron chi connectivity index (χ2n) is 6.05. The van der Waals surface area contributed by atoms with E-state index in [-0.39, 0.29) is 6.04 Å². The minimum Gasteiger partial charge on any atom is -0.389 e. The number of aliphatic hydroxyl groups is 1. The molecule has 4 heteroatoms. The lowest BCUT2D eigenvalue weighted by molar-refractivity contribution is 0.0886. The van der Waals surface area contributed by atoms with Gasteiger partial charge in [0.1, 0.15) is 0 Å². The Morgan fingerprint density at radius 2 is 2.05 bits per heavy atom. The molecule has 0 bridgehead atoms. The fourth-order valence-electron chi connectivity index (χ4n) is 2.36. The first kappa shape index (κ1) is 17.5. The molecule has 0 amide bonds. The standard InChI is InChI=1S/C16H27BrN2O/c1-6-9-18-12(2)14-10-13(17)7-8-15(14)19(5)11-16(3,4)20/h7-8,10,12,18,20H,6,9,11H2,1-5H3. The molecule has 0 aliphatic carbocycles. The van der Waals surface area contributed by atoms with Gasteiger partial charge in [0.25, 0.3) is 0 Å². The van der Waals surface area contributed by atoms with Gasteiger partial charge in [0, 0.05) is 29.8 Å². The molecule has 1 atom stereocenters. The van der Waals surface area contributed by atoms with Crippen molar-refractivity contribution in [3.63, 3.8) is 0 Å². The number of hydrogen-bond acceptors (Lipinski definition) is 3. The molecule has 0 fully saturated rings. The van der Waals surface area contributed by atoms with Crippen LogP contribution in [0.2, 0.25) is 0 Å². The lowest BCUT2D eigenvalue weighted by Crippen LogP contribution is -2.37. The molecule has 0 spiro atoms. The molecule has 1 unspecified atom stereocenters. The van der Waals surface area contributed by atoms with Gasteiger partial charge < -0.3 is 15.3 Å². The Morgan fingerprint density at radius 3 is 2.60 bits per heavy atom. The van der Waals surface area contributed by atoms with Gasteiger partial charge in [0.2, 0.25) is 0 Å². The Balaban J connectivity index is 3.00. The van der Waals surface area contributed by atoms with E-state index < -0.39 is 5.60 Å². The zero-order valence-electron chi connectivity index (χ0n) is 13.2. The summed E-state index contributed by atoms with van der Waals surface area (Å²) in [6.07, 6.45) is 1.12. The van der Waals surface area contributed by atoms with Crippen LogP contribution in [-0.2, 0) is 0 Å². The van der Waals surface area contributed by atoms with Crippen molar-refractivity contribution < 1.29 is 5.11 Å². The third kappa shape index (κ3) is 5.43. The Hall–Kier alpha value is -0.580. The maximum absolute atomic E-state index is 10.0. The highest BCUT2D eigenvalue weighted by Crippen LogP contribution is 2.29. The van der Waals surface area contributed by atoms with E-state index in [0.717, 1.165) is 23.1 Å². The molecule has 114 valence electrons. The van der Waals surface area contributed by atoms with Crippen molar-refractivity contribution in [2.75, 3.05) is 25.0 Å². The third-order valence-electron chi connectivity index (χ3n) is 3.19. The van der Waals surface area contributed by atoms with Crippen LogP contribution in [0.25, 0.3) is 0 Å². The van der Waals surface area contributed by atoms with Gasteiger partial charge in [-0.25, -0.2) is 0 Å². The molecular weight excluding hydrogens is 316 g/mol. The number of benzene rings is 1. The number of halogens is 1. The Kier molecular flexibility index (Phi) is 6.49. The van der Waals surface area contributed by atoms with E-state index in [1.807, 2.05) is 27.0 Å². The first-order valence-corrected chi connectivity index (χ1v) is 8.00. The summed E-state index contributed by atoms with van der Waals surface area (Å²) >= 11 is 3.55. The highest BCUT2D eigenvalue weighted by Gasteiger charge is 2.19. The number of rotatable bonds is 7. The molecule has 0 aliphatic rings. The van der Waals surface area contributed by atoms with Gasteiger partial charge in [-0.05, 0) is 57.5 Å².